The molecule has 3 rings (SSSR count). The summed E-state index contributed by atoms with van der Waals surface area (Å²) >= 11 is 1.03. The molecule has 1 aliphatic heterocycles. The Kier molecular flexibility index (Phi) is 6.23. The molecule has 2 aromatic carbocycles. The van der Waals surface area contributed by atoms with Gasteiger partial charge in [0.25, 0.3) is 5.91 Å². The van der Waals surface area contributed by atoms with Crippen molar-refractivity contribution in [3.63, 3.8) is 0 Å². The molecule has 1 aliphatic rings. The van der Waals surface area contributed by atoms with Gasteiger partial charge in [0, 0.05) is 23.5 Å². The summed E-state index contributed by atoms with van der Waals surface area (Å²) in [5.41, 5.74) is -0.670. The lowest BCUT2D eigenvalue weighted by Crippen LogP contribution is -2.22. The van der Waals surface area contributed by atoms with Gasteiger partial charge in [0.2, 0.25) is 0 Å². The van der Waals surface area contributed by atoms with Crippen molar-refractivity contribution in [1.82, 2.24) is 9.03 Å². The highest BCUT2D eigenvalue weighted by Crippen LogP contribution is 2.29. The lowest BCUT2D eigenvalue weighted by atomic mass is 10.1. The van der Waals surface area contributed by atoms with E-state index in [1.165, 1.54) is 0 Å². The molecular weight excluding hydrogens is 397 g/mol. The molecular formula is C18H17F3N2O2S2. The molecule has 4 nitrogen and oxygen atoms in total. The quantitative estimate of drug-likeness (QED) is 0.744. The van der Waals surface area contributed by atoms with Gasteiger partial charge in [0.05, 0.1) is 10.5 Å². The van der Waals surface area contributed by atoms with Gasteiger partial charge in [0.15, 0.2) is 0 Å². The summed E-state index contributed by atoms with van der Waals surface area (Å²) in [4.78, 5) is 13.5. The highest BCUT2D eigenvalue weighted by Gasteiger charge is 2.30. The first-order valence-electron chi connectivity index (χ1n) is 8.26. The van der Waals surface area contributed by atoms with Crippen LogP contribution in [-0.4, -0.2) is 27.5 Å². The standard InChI is InChI=1S/C18H17F3N2O2S2/c19-18(20,21)14-8-6-13(7-9-14)17(24)22-26-15-4-3-5-16(12-15)27(25)23-10-1-2-11-23/h3-9,12H,1-2,10-11H2,(H,22,24). The summed E-state index contributed by atoms with van der Waals surface area (Å²) in [5.74, 6) is -0.500. The predicted molar refractivity (Wildman–Crippen MR) is 98.4 cm³/mol. The third kappa shape index (κ3) is 5.12. The molecule has 1 heterocycles. The lowest BCUT2D eigenvalue weighted by Gasteiger charge is -2.14. The monoisotopic (exact) mass is 414 g/mol. The van der Waals surface area contributed by atoms with E-state index in [-0.39, 0.29) is 5.56 Å². The van der Waals surface area contributed by atoms with Crippen molar-refractivity contribution >= 4 is 28.8 Å². The number of benzene rings is 2. The maximum absolute atomic E-state index is 12.6. The Bertz CT molecular complexity index is 835. The van der Waals surface area contributed by atoms with Gasteiger partial charge in [0.1, 0.15) is 11.0 Å². The normalized spacial score (nSPS) is 16.3. The van der Waals surface area contributed by atoms with Crippen LogP contribution in [-0.2, 0) is 17.2 Å². The van der Waals surface area contributed by atoms with Crippen molar-refractivity contribution in [3.8, 4) is 0 Å². The maximum atomic E-state index is 12.6. The van der Waals surface area contributed by atoms with E-state index in [1.54, 1.807) is 24.3 Å². The first-order chi connectivity index (χ1) is 12.8. The molecule has 1 unspecified atom stereocenters. The Morgan fingerprint density at radius 3 is 2.37 bits per heavy atom. The van der Waals surface area contributed by atoms with Gasteiger partial charge in [-0.3, -0.25) is 9.52 Å². The molecule has 144 valence electrons. The summed E-state index contributed by atoms with van der Waals surface area (Å²) in [6, 6.07) is 11.1. The minimum atomic E-state index is -4.44. The number of halogens is 3. The molecule has 1 amide bonds. The van der Waals surface area contributed by atoms with Crippen LogP contribution in [0, 0.1) is 0 Å². The number of hydrogen-bond acceptors (Lipinski definition) is 3. The van der Waals surface area contributed by atoms with E-state index in [2.05, 4.69) is 4.72 Å². The number of hydrogen-bond donors (Lipinski definition) is 1. The number of alkyl halides is 3. The molecule has 0 aliphatic carbocycles. The average molecular weight is 414 g/mol. The van der Waals surface area contributed by atoms with Gasteiger partial charge in [-0.25, -0.2) is 8.51 Å². The SMILES string of the molecule is O=C(NSc1cccc(S(=O)N2CCCC2)c1)c1ccc(C(F)(F)F)cc1. The van der Waals surface area contributed by atoms with Crippen molar-refractivity contribution in [2.75, 3.05) is 13.1 Å². The number of nitrogens with zero attached hydrogens (tertiary/aromatic N) is 1. The Morgan fingerprint density at radius 2 is 1.74 bits per heavy atom. The highest BCUT2D eigenvalue weighted by molar-refractivity contribution is 7.98. The van der Waals surface area contributed by atoms with E-state index in [0.717, 1.165) is 62.1 Å². The van der Waals surface area contributed by atoms with E-state index in [9.17, 15) is 22.2 Å². The Morgan fingerprint density at radius 1 is 1.07 bits per heavy atom. The van der Waals surface area contributed by atoms with Crippen molar-refractivity contribution in [2.45, 2.75) is 28.8 Å². The highest BCUT2D eigenvalue weighted by atomic mass is 32.2. The van der Waals surface area contributed by atoms with Crippen molar-refractivity contribution in [3.05, 3.63) is 59.7 Å². The Labute approximate surface area is 161 Å². The van der Waals surface area contributed by atoms with E-state index < -0.39 is 28.6 Å². The van der Waals surface area contributed by atoms with Crippen LogP contribution in [0.4, 0.5) is 13.2 Å². The maximum Gasteiger partial charge on any atom is 0.416 e. The fourth-order valence-electron chi connectivity index (χ4n) is 2.62. The molecule has 27 heavy (non-hydrogen) atoms. The molecule has 1 N–H and O–H groups in total. The van der Waals surface area contributed by atoms with Crippen molar-refractivity contribution in [1.29, 1.82) is 0 Å². The Hall–Kier alpha value is -1.84. The summed E-state index contributed by atoms with van der Waals surface area (Å²) in [7, 11) is -1.23. The lowest BCUT2D eigenvalue weighted by molar-refractivity contribution is -0.137. The van der Waals surface area contributed by atoms with Crippen molar-refractivity contribution in [2.24, 2.45) is 0 Å². The summed E-state index contributed by atoms with van der Waals surface area (Å²) in [5, 5.41) is 0. The van der Waals surface area contributed by atoms with Crippen LogP contribution in [0.2, 0.25) is 0 Å². The van der Waals surface area contributed by atoms with Crippen LogP contribution in [0.5, 0.6) is 0 Å². The molecule has 0 aromatic heterocycles. The zero-order valence-corrected chi connectivity index (χ0v) is 15.8. The van der Waals surface area contributed by atoms with Gasteiger partial charge in [-0.05, 0) is 67.3 Å². The fourth-order valence-corrected chi connectivity index (χ4v) is 4.67. The van der Waals surface area contributed by atoms with Crippen LogP contribution in [0.3, 0.4) is 0 Å². The van der Waals surface area contributed by atoms with E-state index in [4.69, 9.17) is 0 Å². The van der Waals surface area contributed by atoms with Gasteiger partial charge in [-0.1, -0.05) is 6.07 Å². The van der Waals surface area contributed by atoms with Gasteiger partial charge in [-0.2, -0.15) is 13.2 Å². The van der Waals surface area contributed by atoms with E-state index in [0.29, 0.717) is 9.79 Å². The smallest absolute Gasteiger partial charge is 0.292 e. The molecule has 1 atom stereocenters. The number of rotatable bonds is 5. The minimum Gasteiger partial charge on any atom is -0.292 e. The molecule has 2 aromatic rings. The average Bonchev–Trinajstić information content (AvgIpc) is 3.20. The van der Waals surface area contributed by atoms with Crippen LogP contribution < -0.4 is 4.72 Å². The second-order valence-corrected chi connectivity index (χ2v) is 8.33. The van der Waals surface area contributed by atoms with Crippen molar-refractivity contribution < 1.29 is 22.2 Å². The molecule has 0 spiro atoms. The van der Waals surface area contributed by atoms with Crippen LogP contribution >= 0.6 is 11.9 Å². The zero-order valence-electron chi connectivity index (χ0n) is 14.2. The zero-order chi connectivity index (χ0) is 19.4. The number of nitrogens with one attached hydrogen (secondary N) is 1. The Balaban J connectivity index is 1.62. The topological polar surface area (TPSA) is 49.4 Å². The molecule has 0 saturated carbocycles. The van der Waals surface area contributed by atoms with Gasteiger partial charge < -0.3 is 0 Å². The first-order valence-corrected chi connectivity index (χ1v) is 10.2. The first kappa shape index (κ1) is 19.9. The predicted octanol–water partition coefficient (Wildman–Crippen LogP) is 4.26. The minimum absolute atomic E-state index is 0.132. The van der Waals surface area contributed by atoms with Crippen LogP contribution in [0.25, 0.3) is 0 Å². The summed E-state index contributed by atoms with van der Waals surface area (Å²) in [6.07, 6.45) is -2.37. The largest absolute Gasteiger partial charge is 0.416 e. The molecule has 0 bridgehead atoms. The third-order valence-electron chi connectivity index (χ3n) is 4.04. The number of amides is 1. The summed E-state index contributed by atoms with van der Waals surface area (Å²) in [6.45, 7) is 1.60. The molecule has 1 saturated heterocycles. The van der Waals surface area contributed by atoms with Crippen LogP contribution in [0.1, 0.15) is 28.8 Å². The van der Waals surface area contributed by atoms with Gasteiger partial charge >= 0.3 is 6.18 Å². The van der Waals surface area contributed by atoms with Gasteiger partial charge in [-0.15, -0.1) is 0 Å². The number of carbonyl (C=O) groups is 1. The van der Waals surface area contributed by atoms with E-state index in [1.807, 2.05) is 4.31 Å². The third-order valence-corrected chi connectivity index (χ3v) is 6.31. The second kappa shape index (κ2) is 8.45. The number of carbonyl (C=O) groups excluding carboxylic acids is 1. The molecule has 0 radical (unpaired) electrons. The van der Waals surface area contributed by atoms with E-state index >= 15 is 0 Å². The molecule has 1 fully saturated rings. The summed E-state index contributed by atoms with van der Waals surface area (Å²) < 4.78 is 54.7. The molecule has 9 heteroatoms. The fraction of sp³-hybridized carbons (Fsp3) is 0.278. The second-order valence-electron chi connectivity index (χ2n) is 5.97. The van der Waals surface area contributed by atoms with Crippen LogP contribution in [0.15, 0.2) is 58.3 Å².